The molecule has 0 spiro atoms. The molecule has 2 heterocycles. The molecule has 2 N–H and O–H groups in total. The lowest BCUT2D eigenvalue weighted by molar-refractivity contribution is 0.0996. The topological polar surface area (TPSA) is 62.5 Å². The number of halogens is 2. The number of nitrogens with two attached hydrogens (primary N) is 1. The Bertz CT molecular complexity index is 741. The van der Waals surface area contributed by atoms with Crippen molar-refractivity contribution in [1.82, 2.24) is 9.88 Å². The van der Waals surface area contributed by atoms with Crippen molar-refractivity contribution in [2.45, 2.75) is 0 Å². The second kappa shape index (κ2) is 6.21. The molecule has 0 aliphatic carbocycles. The summed E-state index contributed by atoms with van der Waals surface area (Å²) in [6, 6.07) is 3.79. The summed E-state index contributed by atoms with van der Waals surface area (Å²) < 4.78 is 28.1. The van der Waals surface area contributed by atoms with Gasteiger partial charge >= 0.3 is 0 Å². The van der Waals surface area contributed by atoms with Crippen LogP contribution in [0.5, 0.6) is 0 Å². The van der Waals surface area contributed by atoms with Crippen molar-refractivity contribution in [3.63, 3.8) is 0 Å². The number of nitrogens with zero attached hydrogens (tertiary/aromatic N) is 3. The van der Waals surface area contributed by atoms with Gasteiger partial charge < -0.3 is 15.5 Å². The standard InChI is InChI=1S/C15H16F2N4OS/c1-20-4-6-21(7-5-20)15-19-12(13(17)23-15)9-2-3-10(14(18)22)11(16)8-9/h2-3,8H,4-7H2,1H3,(H2,18,22). The number of anilines is 1. The highest BCUT2D eigenvalue weighted by molar-refractivity contribution is 7.14. The van der Waals surface area contributed by atoms with E-state index in [4.69, 9.17) is 5.73 Å². The number of likely N-dealkylation sites (N-methyl/N-ethyl adjacent to an activating group) is 1. The molecule has 1 aliphatic rings. The third kappa shape index (κ3) is 3.18. The third-order valence-electron chi connectivity index (χ3n) is 3.86. The fourth-order valence-electron chi connectivity index (χ4n) is 2.46. The number of aromatic nitrogens is 1. The number of rotatable bonds is 3. The Morgan fingerprint density at radius 3 is 2.57 bits per heavy atom. The zero-order valence-corrected chi connectivity index (χ0v) is 13.4. The van der Waals surface area contributed by atoms with Gasteiger partial charge in [0.2, 0.25) is 5.13 Å². The first-order valence-corrected chi connectivity index (χ1v) is 7.97. The molecule has 8 heteroatoms. The molecule has 3 rings (SSSR count). The lowest BCUT2D eigenvalue weighted by Crippen LogP contribution is -2.44. The molecule has 23 heavy (non-hydrogen) atoms. The van der Waals surface area contributed by atoms with Crippen molar-refractivity contribution in [2.24, 2.45) is 5.73 Å². The highest BCUT2D eigenvalue weighted by atomic mass is 32.1. The predicted molar refractivity (Wildman–Crippen MR) is 85.7 cm³/mol. The third-order valence-corrected chi connectivity index (χ3v) is 4.76. The Morgan fingerprint density at radius 1 is 1.26 bits per heavy atom. The van der Waals surface area contributed by atoms with Gasteiger partial charge in [-0.25, -0.2) is 9.37 Å². The zero-order valence-electron chi connectivity index (χ0n) is 12.6. The average Bonchev–Trinajstić information content (AvgIpc) is 2.89. The molecule has 1 fully saturated rings. The summed E-state index contributed by atoms with van der Waals surface area (Å²) in [7, 11) is 2.04. The van der Waals surface area contributed by atoms with E-state index in [0.29, 0.717) is 10.7 Å². The van der Waals surface area contributed by atoms with Crippen LogP contribution in [0.4, 0.5) is 13.9 Å². The van der Waals surface area contributed by atoms with E-state index in [1.165, 1.54) is 12.1 Å². The number of carbonyl (C=O) groups excluding carboxylic acids is 1. The Labute approximate surface area is 136 Å². The largest absolute Gasteiger partial charge is 0.366 e. The molecular weight excluding hydrogens is 322 g/mol. The van der Waals surface area contributed by atoms with Crippen LogP contribution >= 0.6 is 11.3 Å². The monoisotopic (exact) mass is 338 g/mol. The molecule has 1 aliphatic heterocycles. The van der Waals surface area contributed by atoms with Crippen LogP contribution in [-0.2, 0) is 0 Å². The van der Waals surface area contributed by atoms with Gasteiger partial charge in [-0.05, 0) is 19.2 Å². The van der Waals surface area contributed by atoms with E-state index in [1.807, 2.05) is 11.9 Å². The maximum Gasteiger partial charge on any atom is 0.251 e. The Kier molecular flexibility index (Phi) is 4.27. The van der Waals surface area contributed by atoms with Gasteiger partial charge in [-0.15, -0.1) is 0 Å². The van der Waals surface area contributed by atoms with Crippen LogP contribution in [0.15, 0.2) is 18.2 Å². The molecule has 1 amide bonds. The van der Waals surface area contributed by atoms with Gasteiger partial charge in [-0.2, -0.15) is 4.39 Å². The van der Waals surface area contributed by atoms with Crippen molar-refractivity contribution in [1.29, 1.82) is 0 Å². The van der Waals surface area contributed by atoms with E-state index in [2.05, 4.69) is 9.88 Å². The summed E-state index contributed by atoms with van der Waals surface area (Å²) in [5, 5.41) is 0.120. The van der Waals surface area contributed by atoms with E-state index in [-0.39, 0.29) is 11.3 Å². The normalized spacial score (nSPS) is 15.9. The van der Waals surface area contributed by atoms with E-state index < -0.39 is 16.9 Å². The van der Waals surface area contributed by atoms with E-state index >= 15 is 0 Å². The second-order valence-electron chi connectivity index (χ2n) is 5.47. The first-order valence-electron chi connectivity index (χ1n) is 7.15. The zero-order chi connectivity index (χ0) is 16.6. The minimum atomic E-state index is -0.856. The van der Waals surface area contributed by atoms with Gasteiger partial charge in [0, 0.05) is 31.7 Å². The van der Waals surface area contributed by atoms with Gasteiger partial charge in [-0.1, -0.05) is 17.4 Å². The van der Waals surface area contributed by atoms with Gasteiger partial charge in [0.25, 0.3) is 5.91 Å². The number of benzene rings is 1. The van der Waals surface area contributed by atoms with Crippen molar-refractivity contribution in [2.75, 3.05) is 38.1 Å². The number of hydrogen-bond acceptors (Lipinski definition) is 5. The molecule has 0 unspecified atom stereocenters. The molecule has 1 aromatic carbocycles. The van der Waals surface area contributed by atoms with Crippen molar-refractivity contribution >= 4 is 22.4 Å². The van der Waals surface area contributed by atoms with Crippen LogP contribution in [0, 0.1) is 10.9 Å². The quantitative estimate of drug-likeness (QED) is 0.929. The van der Waals surface area contributed by atoms with Crippen molar-refractivity contribution in [3.05, 3.63) is 34.7 Å². The number of thiazole rings is 1. The predicted octanol–water partition coefficient (Wildman–Crippen LogP) is 1.94. The summed E-state index contributed by atoms with van der Waals surface area (Å²) in [5.74, 6) is -1.63. The van der Waals surface area contributed by atoms with Crippen molar-refractivity contribution < 1.29 is 13.6 Å². The van der Waals surface area contributed by atoms with Crippen LogP contribution in [0.25, 0.3) is 11.3 Å². The Hall–Kier alpha value is -2.06. The Balaban J connectivity index is 1.89. The summed E-state index contributed by atoms with van der Waals surface area (Å²) in [6.07, 6.45) is 0. The van der Waals surface area contributed by atoms with Gasteiger partial charge in [0.1, 0.15) is 11.5 Å². The van der Waals surface area contributed by atoms with E-state index in [9.17, 15) is 13.6 Å². The summed E-state index contributed by atoms with van der Waals surface area (Å²) in [6.45, 7) is 3.33. The lowest BCUT2D eigenvalue weighted by Gasteiger charge is -2.31. The minimum absolute atomic E-state index is 0.0962. The highest BCUT2D eigenvalue weighted by Gasteiger charge is 2.21. The molecule has 2 aromatic rings. The number of carbonyl (C=O) groups is 1. The fourth-order valence-corrected chi connectivity index (χ4v) is 3.33. The number of piperazine rings is 1. The molecule has 5 nitrogen and oxygen atoms in total. The van der Waals surface area contributed by atoms with Gasteiger partial charge in [0.05, 0.1) is 5.56 Å². The fraction of sp³-hybridized carbons (Fsp3) is 0.333. The highest BCUT2D eigenvalue weighted by Crippen LogP contribution is 2.32. The molecular formula is C15H16F2N4OS. The molecule has 1 aromatic heterocycles. The van der Waals surface area contributed by atoms with Crippen LogP contribution in [0.2, 0.25) is 0 Å². The van der Waals surface area contributed by atoms with Crippen LogP contribution in [0.1, 0.15) is 10.4 Å². The van der Waals surface area contributed by atoms with E-state index in [1.54, 1.807) is 0 Å². The van der Waals surface area contributed by atoms with Crippen LogP contribution in [-0.4, -0.2) is 49.0 Å². The minimum Gasteiger partial charge on any atom is -0.366 e. The van der Waals surface area contributed by atoms with Crippen molar-refractivity contribution in [3.8, 4) is 11.3 Å². The van der Waals surface area contributed by atoms with Crippen LogP contribution < -0.4 is 10.6 Å². The maximum absolute atomic E-state index is 14.2. The SMILES string of the molecule is CN1CCN(c2nc(-c3ccc(C(N)=O)c(F)c3)c(F)s2)CC1. The molecule has 0 radical (unpaired) electrons. The van der Waals surface area contributed by atoms with Gasteiger partial charge in [0.15, 0.2) is 5.13 Å². The molecule has 1 saturated heterocycles. The Morgan fingerprint density at radius 2 is 1.96 bits per heavy atom. The van der Waals surface area contributed by atoms with Crippen LogP contribution in [0.3, 0.4) is 0 Å². The molecule has 0 saturated carbocycles. The first-order chi connectivity index (χ1) is 11.0. The second-order valence-corrected chi connectivity index (χ2v) is 6.40. The number of amides is 1. The smallest absolute Gasteiger partial charge is 0.251 e. The number of hydrogen-bond donors (Lipinski definition) is 1. The maximum atomic E-state index is 14.2. The number of primary amides is 1. The summed E-state index contributed by atoms with van der Waals surface area (Å²) in [4.78, 5) is 19.6. The summed E-state index contributed by atoms with van der Waals surface area (Å²) >= 11 is 0.949. The van der Waals surface area contributed by atoms with E-state index in [0.717, 1.165) is 43.6 Å². The summed E-state index contributed by atoms with van der Waals surface area (Å²) in [5.41, 5.74) is 5.24. The first kappa shape index (κ1) is 15.8. The molecule has 122 valence electrons. The lowest BCUT2D eigenvalue weighted by atomic mass is 10.1. The van der Waals surface area contributed by atoms with Gasteiger partial charge in [-0.3, -0.25) is 4.79 Å². The average molecular weight is 338 g/mol. The molecule has 0 atom stereocenters. The molecule has 0 bridgehead atoms.